The molecule has 102 valence electrons. The van der Waals surface area contributed by atoms with Gasteiger partial charge in [-0.05, 0) is 39.3 Å². The first-order chi connectivity index (χ1) is 8.86. The van der Waals surface area contributed by atoms with E-state index in [1.54, 1.807) is 6.20 Å². The molecule has 0 atom stereocenters. The van der Waals surface area contributed by atoms with Crippen LogP contribution in [0.4, 0.5) is 5.69 Å². The maximum absolute atomic E-state index is 5.89. The van der Waals surface area contributed by atoms with Gasteiger partial charge in [0.25, 0.3) is 0 Å². The van der Waals surface area contributed by atoms with E-state index in [-0.39, 0.29) is 5.54 Å². The van der Waals surface area contributed by atoms with Crippen LogP contribution in [0.15, 0.2) is 18.5 Å². The van der Waals surface area contributed by atoms with Crippen molar-refractivity contribution < 1.29 is 0 Å². The number of nitrogens with zero attached hydrogens (tertiary/aromatic N) is 4. The highest BCUT2D eigenvalue weighted by atomic mass is 35.5. The zero-order valence-corrected chi connectivity index (χ0v) is 12.4. The number of aryl methyl sites for hydroxylation is 1. The highest BCUT2D eigenvalue weighted by molar-refractivity contribution is 6.30. The van der Waals surface area contributed by atoms with Gasteiger partial charge in [0.05, 0.1) is 30.2 Å². The first-order valence-electron chi connectivity index (χ1n) is 6.14. The van der Waals surface area contributed by atoms with Crippen LogP contribution in [-0.4, -0.2) is 20.0 Å². The number of anilines is 1. The molecule has 0 aliphatic heterocycles. The summed E-state index contributed by atoms with van der Waals surface area (Å²) in [5, 5.41) is 12.1. The van der Waals surface area contributed by atoms with Crippen LogP contribution < -0.4 is 5.32 Å². The third-order valence-corrected chi connectivity index (χ3v) is 3.11. The van der Waals surface area contributed by atoms with E-state index in [1.807, 2.05) is 23.9 Å². The van der Waals surface area contributed by atoms with E-state index in [2.05, 4.69) is 41.4 Å². The zero-order valence-electron chi connectivity index (χ0n) is 11.6. The second-order valence-corrected chi connectivity index (χ2v) is 5.87. The fraction of sp³-hybridized carbons (Fsp3) is 0.462. The number of hydrogen-bond acceptors (Lipinski definition) is 4. The molecule has 0 aromatic carbocycles. The van der Waals surface area contributed by atoms with Crippen molar-refractivity contribution in [3.8, 4) is 0 Å². The Bertz CT molecular complexity index is 571. The minimum atomic E-state index is -0.0519. The molecule has 2 aromatic rings. The summed E-state index contributed by atoms with van der Waals surface area (Å²) in [4.78, 5) is 4.10. The molecule has 0 radical (unpaired) electrons. The van der Waals surface area contributed by atoms with Gasteiger partial charge in [-0.2, -0.15) is 0 Å². The fourth-order valence-electron chi connectivity index (χ4n) is 1.55. The average molecular weight is 280 g/mol. The molecule has 0 saturated heterocycles. The van der Waals surface area contributed by atoms with Crippen molar-refractivity contribution in [1.82, 2.24) is 20.0 Å². The maximum Gasteiger partial charge on any atom is 0.132 e. The fourth-order valence-corrected chi connectivity index (χ4v) is 1.66. The molecule has 2 rings (SSSR count). The van der Waals surface area contributed by atoms with Gasteiger partial charge in [-0.1, -0.05) is 16.8 Å². The molecule has 5 nitrogen and oxygen atoms in total. The quantitative estimate of drug-likeness (QED) is 0.878. The minimum absolute atomic E-state index is 0.0519. The minimum Gasteiger partial charge on any atom is -0.378 e. The van der Waals surface area contributed by atoms with Gasteiger partial charge in [-0.3, -0.25) is 0 Å². The number of hydrogen-bond donors (Lipinski definition) is 1. The Hall–Kier alpha value is -1.62. The van der Waals surface area contributed by atoms with Crippen LogP contribution in [0.5, 0.6) is 0 Å². The first-order valence-corrected chi connectivity index (χ1v) is 6.52. The van der Waals surface area contributed by atoms with E-state index in [4.69, 9.17) is 11.6 Å². The number of nitrogens with one attached hydrogen (secondary N) is 1. The Morgan fingerprint density at radius 1 is 1.37 bits per heavy atom. The van der Waals surface area contributed by atoms with E-state index in [0.29, 0.717) is 11.7 Å². The molecular formula is C13H18ClN5. The van der Waals surface area contributed by atoms with Crippen molar-refractivity contribution in [3.05, 3.63) is 34.9 Å². The summed E-state index contributed by atoms with van der Waals surface area (Å²) < 4.78 is 1.86. The van der Waals surface area contributed by atoms with E-state index < -0.39 is 0 Å². The van der Waals surface area contributed by atoms with Crippen LogP contribution in [0.1, 0.15) is 32.0 Å². The van der Waals surface area contributed by atoms with Gasteiger partial charge >= 0.3 is 0 Å². The molecule has 0 amide bonds. The Kier molecular flexibility index (Phi) is 3.75. The van der Waals surface area contributed by atoms with Crippen LogP contribution in [0.2, 0.25) is 5.15 Å². The third kappa shape index (κ3) is 3.44. The molecular weight excluding hydrogens is 262 g/mol. The summed E-state index contributed by atoms with van der Waals surface area (Å²) in [5.74, 6) is 0. The Morgan fingerprint density at radius 2 is 2.11 bits per heavy atom. The van der Waals surface area contributed by atoms with Crippen molar-refractivity contribution in [2.24, 2.45) is 0 Å². The highest BCUT2D eigenvalue weighted by Gasteiger charge is 2.14. The monoisotopic (exact) mass is 279 g/mol. The van der Waals surface area contributed by atoms with Crippen LogP contribution in [0.25, 0.3) is 0 Å². The molecule has 1 N–H and O–H groups in total. The second kappa shape index (κ2) is 5.17. The number of aromatic nitrogens is 4. The van der Waals surface area contributed by atoms with Crippen molar-refractivity contribution in [1.29, 1.82) is 0 Å². The van der Waals surface area contributed by atoms with Crippen LogP contribution in [-0.2, 0) is 12.1 Å². The maximum atomic E-state index is 5.89. The number of halogens is 1. The molecule has 19 heavy (non-hydrogen) atoms. The van der Waals surface area contributed by atoms with Crippen LogP contribution >= 0.6 is 11.6 Å². The molecule has 0 aliphatic rings. The predicted molar refractivity (Wildman–Crippen MR) is 76.3 cm³/mol. The van der Waals surface area contributed by atoms with Crippen molar-refractivity contribution in [3.63, 3.8) is 0 Å². The van der Waals surface area contributed by atoms with Gasteiger partial charge < -0.3 is 5.32 Å². The van der Waals surface area contributed by atoms with Gasteiger partial charge in [0, 0.05) is 0 Å². The molecule has 0 spiro atoms. The largest absolute Gasteiger partial charge is 0.378 e. The van der Waals surface area contributed by atoms with Gasteiger partial charge in [0.15, 0.2) is 0 Å². The van der Waals surface area contributed by atoms with Gasteiger partial charge in [0.2, 0.25) is 0 Å². The summed E-state index contributed by atoms with van der Waals surface area (Å²) in [6, 6.07) is 1.96. The molecule has 0 aliphatic carbocycles. The lowest BCUT2D eigenvalue weighted by atomic mass is 10.1. The second-order valence-electron chi connectivity index (χ2n) is 5.51. The molecule has 2 aromatic heterocycles. The first kappa shape index (κ1) is 13.8. The lowest BCUT2D eigenvalue weighted by Crippen LogP contribution is -2.22. The van der Waals surface area contributed by atoms with Crippen LogP contribution in [0, 0.1) is 6.92 Å². The van der Waals surface area contributed by atoms with Crippen molar-refractivity contribution >= 4 is 17.3 Å². The summed E-state index contributed by atoms with van der Waals surface area (Å²) in [5.41, 5.74) is 2.71. The molecule has 6 heteroatoms. The smallest absolute Gasteiger partial charge is 0.132 e. The Balaban J connectivity index is 2.02. The van der Waals surface area contributed by atoms with Gasteiger partial charge in [-0.25, -0.2) is 9.67 Å². The van der Waals surface area contributed by atoms with E-state index in [0.717, 1.165) is 16.9 Å². The highest BCUT2D eigenvalue weighted by Crippen LogP contribution is 2.17. The standard InChI is InChI=1S/C13H18ClN5/c1-9-5-10(6-16-12(9)14)15-7-11-8-19(18-17-11)13(2,3)4/h5-6,8,15H,7H2,1-4H3. The molecule has 2 heterocycles. The summed E-state index contributed by atoms with van der Waals surface area (Å²) in [6.45, 7) is 8.80. The van der Waals surface area contributed by atoms with Gasteiger partial charge in [-0.15, -0.1) is 5.10 Å². The Morgan fingerprint density at radius 3 is 2.68 bits per heavy atom. The van der Waals surface area contributed by atoms with Crippen molar-refractivity contribution in [2.75, 3.05) is 5.32 Å². The third-order valence-electron chi connectivity index (χ3n) is 2.72. The summed E-state index contributed by atoms with van der Waals surface area (Å²) >= 11 is 5.89. The molecule has 0 bridgehead atoms. The summed E-state index contributed by atoms with van der Waals surface area (Å²) in [6.07, 6.45) is 3.66. The lowest BCUT2D eigenvalue weighted by molar-refractivity contribution is 0.347. The number of pyridine rings is 1. The van der Waals surface area contributed by atoms with Crippen molar-refractivity contribution in [2.45, 2.75) is 39.8 Å². The van der Waals surface area contributed by atoms with Gasteiger partial charge in [0.1, 0.15) is 10.8 Å². The molecule has 0 unspecified atom stereocenters. The predicted octanol–water partition coefficient (Wildman–Crippen LogP) is 3.00. The van der Waals surface area contributed by atoms with Crippen LogP contribution in [0.3, 0.4) is 0 Å². The van der Waals surface area contributed by atoms with E-state index in [1.165, 1.54) is 0 Å². The number of rotatable bonds is 3. The lowest BCUT2D eigenvalue weighted by Gasteiger charge is -2.17. The topological polar surface area (TPSA) is 55.6 Å². The zero-order chi connectivity index (χ0) is 14.0. The molecule has 0 fully saturated rings. The van der Waals surface area contributed by atoms with E-state index >= 15 is 0 Å². The Labute approximate surface area is 118 Å². The molecule has 0 saturated carbocycles. The SMILES string of the molecule is Cc1cc(NCc2cn(C(C)(C)C)nn2)cnc1Cl. The average Bonchev–Trinajstić information content (AvgIpc) is 2.79. The van der Waals surface area contributed by atoms with E-state index in [9.17, 15) is 0 Å². The summed E-state index contributed by atoms with van der Waals surface area (Å²) in [7, 11) is 0. The normalized spacial score (nSPS) is 11.6.